The number of fused-ring (bicyclic) bond motifs is 2. The second kappa shape index (κ2) is 6.56. The summed E-state index contributed by atoms with van der Waals surface area (Å²) in [7, 11) is 1.91. The summed E-state index contributed by atoms with van der Waals surface area (Å²) in [5.41, 5.74) is 3.49. The zero-order valence-electron chi connectivity index (χ0n) is 15.4. The molecule has 1 aliphatic carbocycles. The van der Waals surface area contributed by atoms with Gasteiger partial charge in [0.2, 0.25) is 12.7 Å². The van der Waals surface area contributed by atoms with Crippen molar-refractivity contribution in [1.29, 1.82) is 0 Å². The molecule has 5 rings (SSSR count). The number of ether oxygens (including phenoxy) is 2. The average molecular weight is 368 g/mol. The van der Waals surface area contributed by atoms with E-state index in [0.717, 1.165) is 66.8 Å². The monoisotopic (exact) mass is 368 g/mol. The lowest BCUT2D eigenvalue weighted by molar-refractivity contribution is 0.129. The minimum atomic E-state index is -0.478. The Morgan fingerprint density at radius 1 is 1.19 bits per heavy atom. The lowest BCUT2D eigenvalue weighted by Crippen LogP contribution is -2.43. The smallest absolute Gasteiger partial charge is 0.231 e. The summed E-state index contributed by atoms with van der Waals surface area (Å²) >= 11 is 0. The fourth-order valence-corrected chi connectivity index (χ4v) is 4.41. The summed E-state index contributed by atoms with van der Waals surface area (Å²) in [6, 6.07) is 5.96. The molecular weight excluding hydrogens is 344 g/mol. The highest BCUT2D eigenvalue weighted by molar-refractivity contribution is 5.53. The quantitative estimate of drug-likeness (QED) is 0.859. The fourth-order valence-electron chi connectivity index (χ4n) is 4.41. The molecule has 0 amide bonds. The maximum absolute atomic E-state index is 10.8. The van der Waals surface area contributed by atoms with Crippen LogP contribution < -0.4 is 19.7 Å². The molecule has 2 atom stereocenters. The number of aryl methyl sites for hydroxylation is 1. The van der Waals surface area contributed by atoms with Crippen molar-refractivity contribution in [3.63, 3.8) is 0 Å². The van der Waals surface area contributed by atoms with E-state index in [9.17, 15) is 5.11 Å². The van der Waals surface area contributed by atoms with Crippen LogP contribution in [0.15, 0.2) is 18.2 Å². The van der Waals surface area contributed by atoms with E-state index < -0.39 is 6.10 Å². The number of piperidine rings is 1. The molecular formula is C20H24N4O3. The van der Waals surface area contributed by atoms with Crippen LogP contribution >= 0.6 is 0 Å². The van der Waals surface area contributed by atoms with E-state index in [1.807, 2.05) is 25.2 Å². The van der Waals surface area contributed by atoms with Crippen LogP contribution in [0.25, 0.3) is 0 Å². The van der Waals surface area contributed by atoms with Crippen molar-refractivity contribution in [2.24, 2.45) is 0 Å². The fraction of sp³-hybridized carbons (Fsp3) is 0.500. The Hall–Kier alpha value is -2.54. The number of aliphatic hydroxyl groups excluding tert-OH is 1. The first-order chi connectivity index (χ1) is 13.2. The minimum Gasteiger partial charge on any atom is -0.454 e. The summed E-state index contributed by atoms with van der Waals surface area (Å²) in [5.74, 6) is 3.27. The number of nitrogens with zero attached hydrogens (tertiary/aromatic N) is 3. The largest absolute Gasteiger partial charge is 0.454 e. The molecule has 1 aromatic heterocycles. The Morgan fingerprint density at radius 2 is 2.07 bits per heavy atom. The van der Waals surface area contributed by atoms with E-state index in [-0.39, 0.29) is 12.7 Å². The van der Waals surface area contributed by atoms with Crippen LogP contribution in [0.4, 0.5) is 11.8 Å². The molecule has 2 aliphatic heterocycles. The molecule has 1 fully saturated rings. The van der Waals surface area contributed by atoms with Gasteiger partial charge in [-0.2, -0.15) is 4.98 Å². The molecule has 1 aromatic carbocycles. The molecule has 0 bridgehead atoms. The maximum atomic E-state index is 10.8. The van der Waals surface area contributed by atoms with E-state index in [4.69, 9.17) is 19.4 Å². The molecule has 1 saturated heterocycles. The first-order valence-corrected chi connectivity index (χ1v) is 9.63. The normalized spacial score (nSPS) is 23.4. The van der Waals surface area contributed by atoms with Crippen molar-refractivity contribution < 1.29 is 14.6 Å². The average Bonchev–Trinajstić information content (AvgIpc) is 3.35. The van der Waals surface area contributed by atoms with Gasteiger partial charge in [0, 0.05) is 31.6 Å². The van der Waals surface area contributed by atoms with E-state index >= 15 is 0 Å². The van der Waals surface area contributed by atoms with Crippen molar-refractivity contribution in [2.75, 3.05) is 37.1 Å². The zero-order valence-corrected chi connectivity index (χ0v) is 15.4. The topological polar surface area (TPSA) is 79.7 Å². The van der Waals surface area contributed by atoms with E-state index in [1.165, 1.54) is 5.56 Å². The predicted molar refractivity (Wildman–Crippen MR) is 102 cm³/mol. The molecule has 0 spiro atoms. The third-order valence-corrected chi connectivity index (χ3v) is 5.85. The standard InChI is InChI=1S/C20H24N4O3/c1-21-19-14-3-2-4-15(14)22-20(23-19)24-8-7-13(16(25)10-24)12-5-6-17-18(9-12)27-11-26-17/h5-6,9,13,16,25H,2-4,7-8,10-11H2,1H3,(H,21,22,23)/t13-,16+/m0/s1. The van der Waals surface area contributed by atoms with Crippen LogP contribution in [0.5, 0.6) is 11.5 Å². The van der Waals surface area contributed by atoms with Gasteiger partial charge in [0.1, 0.15) is 5.82 Å². The number of β-amino-alcohol motifs (C(OH)–C–C–N with tert-alkyl or cyclic N) is 1. The van der Waals surface area contributed by atoms with Gasteiger partial charge in [0.25, 0.3) is 0 Å². The van der Waals surface area contributed by atoms with Gasteiger partial charge in [0.05, 0.1) is 11.8 Å². The van der Waals surface area contributed by atoms with Gasteiger partial charge in [-0.15, -0.1) is 0 Å². The number of nitrogens with one attached hydrogen (secondary N) is 1. The van der Waals surface area contributed by atoms with Crippen molar-refractivity contribution in [3.05, 3.63) is 35.0 Å². The molecule has 7 nitrogen and oxygen atoms in total. The highest BCUT2D eigenvalue weighted by atomic mass is 16.7. The van der Waals surface area contributed by atoms with Gasteiger partial charge in [-0.3, -0.25) is 0 Å². The van der Waals surface area contributed by atoms with Crippen LogP contribution in [0.2, 0.25) is 0 Å². The van der Waals surface area contributed by atoms with Crippen LogP contribution in [0.3, 0.4) is 0 Å². The Morgan fingerprint density at radius 3 is 2.93 bits per heavy atom. The van der Waals surface area contributed by atoms with Gasteiger partial charge < -0.3 is 24.8 Å². The summed E-state index contributed by atoms with van der Waals surface area (Å²) in [5, 5.41) is 14.0. The summed E-state index contributed by atoms with van der Waals surface area (Å²) in [6.07, 6.45) is 3.55. The van der Waals surface area contributed by atoms with Crippen molar-refractivity contribution in [2.45, 2.75) is 37.7 Å². The minimum absolute atomic E-state index is 0.0777. The van der Waals surface area contributed by atoms with E-state index in [1.54, 1.807) is 0 Å². The summed E-state index contributed by atoms with van der Waals surface area (Å²) in [4.78, 5) is 11.6. The number of hydrogen-bond acceptors (Lipinski definition) is 7. The first-order valence-electron chi connectivity index (χ1n) is 9.63. The van der Waals surface area contributed by atoms with Gasteiger partial charge in [-0.05, 0) is 43.4 Å². The molecule has 7 heteroatoms. The van der Waals surface area contributed by atoms with Crippen LogP contribution in [-0.2, 0) is 12.8 Å². The number of aliphatic hydroxyl groups is 1. The number of hydrogen-bond donors (Lipinski definition) is 2. The van der Waals surface area contributed by atoms with Crippen LogP contribution in [0, 0.1) is 0 Å². The lowest BCUT2D eigenvalue weighted by atomic mass is 9.87. The third kappa shape index (κ3) is 2.86. The van der Waals surface area contributed by atoms with Gasteiger partial charge in [0.15, 0.2) is 11.5 Å². The Bertz CT molecular complexity index is 873. The molecule has 142 valence electrons. The summed E-state index contributed by atoms with van der Waals surface area (Å²) in [6.45, 7) is 1.61. The highest BCUT2D eigenvalue weighted by Crippen LogP contribution is 2.38. The number of benzene rings is 1. The molecule has 3 aliphatic rings. The van der Waals surface area contributed by atoms with Crippen LogP contribution in [0.1, 0.15) is 35.6 Å². The second-order valence-electron chi connectivity index (χ2n) is 7.42. The maximum Gasteiger partial charge on any atom is 0.231 e. The van der Waals surface area contributed by atoms with Gasteiger partial charge in [-0.1, -0.05) is 6.07 Å². The number of anilines is 2. The molecule has 2 aromatic rings. The second-order valence-corrected chi connectivity index (χ2v) is 7.42. The van der Waals surface area contributed by atoms with Crippen LogP contribution in [-0.4, -0.2) is 48.1 Å². The Labute approximate surface area is 158 Å². The highest BCUT2D eigenvalue weighted by Gasteiger charge is 2.32. The SMILES string of the molecule is CNc1nc(N2CC[C@@H](c3ccc4c(c3)OCO4)[C@H](O)C2)nc2c1CCC2. The van der Waals surface area contributed by atoms with Crippen molar-refractivity contribution in [3.8, 4) is 11.5 Å². The predicted octanol–water partition coefficient (Wildman–Crippen LogP) is 2.09. The molecule has 0 unspecified atom stereocenters. The number of rotatable bonds is 3. The molecule has 0 saturated carbocycles. The molecule has 2 N–H and O–H groups in total. The van der Waals surface area contributed by atoms with Gasteiger partial charge in [-0.25, -0.2) is 4.98 Å². The molecule has 27 heavy (non-hydrogen) atoms. The van der Waals surface area contributed by atoms with Crippen molar-refractivity contribution in [1.82, 2.24) is 9.97 Å². The molecule has 3 heterocycles. The van der Waals surface area contributed by atoms with Gasteiger partial charge >= 0.3 is 0 Å². The van der Waals surface area contributed by atoms with E-state index in [0.29, 0.717) is 6.54 Å². The molecule has 0 radical (unpaired) electrons. The zero-order chi connectivity index (χ0) is 18.4. The van der Waals surface area contributed by atoms with E-state index in [2.05, 4.69) is 10.2 Å². The Kier molecular flexibility index (Phi) is 4.04. The lowest BCUT2D eigenvalue weighted by Gasteiger charge is -2.36. The summed E-state index contributed by atoms with van der Waals surface area (Å²) < 4.78 is 10.9. The third-order valence-electron chi connectivity index (χ3n) is 5.85. The first kappa shape index (κ1) is 16.6. The number of aromatic nitrogens is 2. The Balaban J connectivity index is 1.36. The van der Waals surface area contributed by atoms with Crippen molar-refractivity contribution >= 4 is 11.8 Å².